The van der Waals surface area contributed by atoms with Gasteiger partial charge >= 0.3 is 5.97 Å². The van der Waals surface area contributed by atoms with Gasteiger partial charge in [0.05, 0.1) is 7.11 Å². The Hall–Kier alpha value is -0.610. The van der Waals surface area contributed by atoms with Gasteiger partial charge in [0, 0.05) is 31.6 Å². The summed E-state index contributed by atoms with van der Waals surface area (Å²) in [5.41, 5.74) is 6.15. The van der Waals surface area contributed by atoms with Crippen molar-refractivity contribution in [2.45, 2.75) is 51.1 Å². The van der Waals surface area contributed by atoms with Crippen LogP contribution in [-0.2, 0) is 9.53 Å². The Morgan fingerprint density at radius 2 is 2.06 bits per heavy atom. The number of esters is 1. The van der Waals surface area contributed by atoms with Crippen LogP contribution in [0.4, 0.5) is 0 Å². The van der Waals surface area contributed by atoms with Crippen LogP contribution in [0.2, 0.25) is 0 Å². The number of piperidine rings is 1. The van der Waals surface area contributed by atoms with Crippen molar-refractivity contribution in [3.63, 3.8) is 0 Å². The lowest BCUT2D eigenvalue weighted by atomic mass is 9.78. The van der Waals surface area contributed by atoms with E-state index in [1.54, 1.807) is 0 Å². The molecule has 1 heterocycles. The van der Waals surface area contributed by atoms with E-state index in [1.165, 1.54) is 20.0 Å². The normalized spacial score (nSPS) is 37.1. The molecule has 0 aromatic heterocycles. The zero-order valence-corrected chi connectivity index (χ0v) is 11.6. The molecule has 1 aliphatic heterocycles. The molecule has 2 atom stereocenters. The summed E-state index contributed by atoms with van der Waals surface area (Å²) in [5, 5.41) is 0. The van der Waals surface area contributed by atoms with Gasteiger partial charge < -0.3 is 10.5 Å². The Balaban J connectivity index is 1.79. The number of carbonyl (C=O) groups is 1. The predicted octanol–water partition coefficient (Wildman–Crippen LogP) is 1.39. The first-order valence-corrected chi connectivity index (χ1v) is 7.15. The van der Waals surface area contributed by atoms with E-state index >= 15 is 0 Å². The van der Waals surface area contributed by atoms with Crippen molar-refractivity contribution in [1.29, 1.82) is 0 Å². The minimum Gasteiger partial charge on any atom is -0.469 e. The number of nitrogens with two attached hydrogens (primary N) is 1. The predicted molar refractivity (Wildman–Crippen MR) is 71.1 cm³/mol. The van der Waals surface area contributed by atoms with E-state index in [2.05, 4.69) is 11.8 Å². The van der Waals surface area contributed by atoms with Gasteiger partial charge in [-0.05, 0) is 37.5 Å². The molecule has 0 bridgehead atoms. The maximum absolute atomic E-state index is 11.2. The second-order valence-electron chi connectivity index (χ2n) is 6.16. The number of likely N-dealkylation sites (tertiary alicyclic amines) is 1. The van der Waals surface area contributed by atoms with Crippen LogP contribution < -0.4 is 5.73 Å². The van der Waals surface area contributed by atoms with Gasteiger partial charge in [-0.25, -0.2) is 0 Å². The summed E-state index contributed by atoms with van der Waals surface area (Å²) in [6, 6.07) is 1.02. The van der Waals surface area contributed by atoms with Gasteiger partial charge in [0.2, 0.25) is 0 Å². The van der Waals surface area contributed by atoms with Gasteiger partial charge in [0.15, 0.2) is 0 Å². The van der Waals surface area contributed by atoms with E-state index in [0.717, 1.165) is 37.9 Å². The Morgan fingerprint density at radius 1 is 1.33 bits per heavy atom. The highest BCUT2D eigenvalue weighted by Crippen LogP contribution is 2.34. The second-order valence-corrected chi connectivity index (χ2v) is 6.16. The number of methoxy groups -OCH3 is 1. The lowest BCUT2D eigenvalue weighted by Crippen LogP contribution is -2.54. The summed E-state index contributed by atoms with van der Waals surface area (Å²) in [6.07, 6.45) is 5.13. The highest BCUT2D eigenvalue weighted by Gasteiger charge is 2.35. The molecule has 0 aromatic rings. The third-order valence-corrected chi connectivity index (χ3v) is 4.45. The highest BCUT2D eigenvalue weighted by atomic mass is 16.5. The molecule has 104 valence electrons. The zero-order chi connectivity index (χ0) is 13.1. The summed E-state index contributed by atoms with van der Waals surface area (Å²) in [4.78, 5) is 13.7. The zero-order valence-electron chi connectivity index (χ0n) is 11.6. The second kappa shape index (κ2) is 6.02. The van der Waals surface area contributed by atoms with Crippen molar-refractivity contribution in [3.8, 4) is 0 Å². The fraction of sp³-hybridized carbons (Fsp3) is 0.929. The average molecular weight is 254 g/mol. The third kappa shape index (κ3) is 3.45. The molecule has 2 aliphatic rings. The van der Waals surface area contributed by atoms with E-state index in [-0.39, 0.29) is 12.0 Å². The molecule has 1 aliphatic carbocycles. The number of hydrogen-bond donors (Lipinski definition) is 1. The Kier molecular flexibility index (Phi) is 4.62. The molecule has 4 nitrogen and oxygen atoms in total. The van der Waals surface area contributed by atoms with Crippen LogP contribution in [0.15, 0.2) is 0 Å². The largest absolute Gasteiger partial charge is 0.469 e. The SMILES string of the molecule is COC(=O)CCC1CC(N)CN(C2CC(C)C2)C1. The summed E-state index contributed by atoms with van der Waals surface area (Å²) >= 11 is 0. The van der Waals surface area contributed by atoms with Crippen molar-refractivity contribution < 1.29 is 9.53 Å². The number of rotatable bonds is 4. The molecule has 18 heavy (non-hydrogen) atoms. The first-order chi connectivity index (χ1) is 8.58. The molecular formula is C14H26N2O2. The van der Waals surface area contributed by atoms with Gasteiger partial charge in [-0.15, -0.1) is 0 Å². The van der Waals surface area contributed by atoms with Crippen molar-refractivity contribution in [3.05, 3.63) is 0 Å². The van der Waals surface area contributed by atoms with Gasteiger partial charge in [-0.3, -0.25) is 9.69 Å². The molecule has 1 saturated carbocycles. The van der Waals surface area contributed by atoms with E-state index < -0.39 is 0 Å². The van der Waals surface area contributed by atoms with Crippen LogP contribution in [0.3, 0.4) is 0 Å². The summed E-state index contributed by atoms with van der Waals surface area (Å²) in [5.74, 6) is 1.34. The van der Waals surface area contributed by atoms with Crippen LogP contribution >= 0.6 is 0 Å². The molecule has 4 heteroatoms. The quantitative estimate of drug-likeness (QED) is 0.770. The Bertz CT molecular complexity index is 290. The average Bonchev–Trinajstić information content (AvgIpc) is 2.31. The number of ether oxygens (including phenoxy) is 1. The molecule has 2 fully saturated rings. The molecule has 0 amide bonds. The first kappa shape index (κ1) is 13.8. The third-order valence-electron chi connectivity index (χ3n) is 4.45. The maximum Gasteiger partial charge on any atom is 0.305 e. The molecule has 2 N–H and O–H groups in total. The fourth-order valence-corrected chi connectivity index (χ4v) is 3.37. The topological polar surface area (TPSA) is 55.6 Å². The van der Waals surface area contributed by atoms with E-state index in [9.17, 15) is 4.79 Å². The monoisotopic (exact) mass is 254 g/mol. The smallest absolute Gasteiger partial charge is 0.305 e. The minimum atomic E-state index is -0.0991. The number of nitrogens with zero attached hydrogens (tertiary/aromatic N) is 1. The molecule has 1 saturated heterocycles. The molecule has 0 radical (unpaired) electrons. The molecular weight excluding hydrogens is 228 g/mol. The van der Waals surface area contributed by atoms with Crippen molar-refractivity contribution in [2.75, 3.05) is 20.2 Å². The van der Waals surface area contributed by atoms with Crippen LogP contribution in [0, 0.1) is 11.8 Å². The minimum absolute atomic E-state index is 0.0991. The maximum atomic E-state index is 11.2. The lowest BCUT2D eigenvalue weighted by molar-refractivity contribution is -0.141. The van der Waals surface area contributed by atoms with Crippen molar-refractivity contribution in [1.82, 2.24) is 4.90 Å². The van der Waals surface area contributed by atoms with Crippen molar-refractivity contribution in [2.24, 2.45) is 17.6 Å². The standard InChI is InChI=1S/C14H26N2O2/c1-10-5-13(6-10)16-8-11(7-12(15)9-16)3-4-14(17)18-2/h10-13H,3-9,15H2,1-2H3. The van der Waals surface area contributed by atoms with Crippen LogP contribution in [0.25, 0.3) is 0 Å². The summed E-state index contributed by atoms with van der Waals surface area (Å²) in [7, 11) is 1.46. The molecule has 2 rings (SSSR count). The Labute approximate surface area is 110 Å². The van der Waals surface area contributed by atoms with Crippen molar-refractivity contribution >= 4 is 5.97 Å². The van der Waals surface area contributed by atoms with E-state index in [0.29, 0.717) is 12.3 Å². The van der Waals surface area contributed by atoms with Gasteiger partial charge in [-0.2, -0.15) is 0 Å². The summed E-state index contributed by atoms with van der Waals surface area (Å²) in [6.45, 7) is 4.46. The van der Waals surface area contributed by atoms with Crippen LogP contribution in [0.5, 0.6) is 0 Å². The lowest BCUT2D eigenvalue weighted by Gasteiger charge is -2.47. The van der Waals surface area contributed by atoms with Crippen LogP contribution in [-0.4, -0.2) is 43.2 Å². The van der Waals surface area contributed by atoms with Gasteiger partial charge in [0.1, 0.15) is 0 Å². The van der Waals surface area contributed by atoms with Gasteiger partial charge in [-0.1, -0.05) is 6.92 Å². The van der Waals surface area contributed by atoms with Gasteiger partial charge in [0.25, 0.3) is 0 Å². The highest BCUT2D eigenvalue weighted by molar-refractivity contribution is 5.69. The first-order valence-electron chi connectivity index (χ1n) is 7.15. The van der Waals surface area contributed by atoms with Crippen LogP contribution in [0.1, 0.15) is 39.0 Å². The molecule has 0 aromatic carbocycles. The molecule has 2 unspecified atom stereocenters. The fourth-order valence-electron chi connectivity index (χ4n) is 3.37. The molecule has 0 spiro atoms. The summed E-state index contributed by atoms with van der Waals surface area (Å²) < 4.78 is 4.71. The number of carbonyl (C=O) groups excluding carboxylic acids is 1. The Morgan fingerprint density at radius 3 is 2.67 bits per heavy atom. The number of hydrogen-bond acceptors (Lipinski definition) is 4. The van der Waals surface area contributed by atoms with E-state index in [4.69, 9.17) is 10.5 Å². The van der Waals surface area contributed by atoms with E-state index in [1.807, 2.05) is 0 Å².